The van der Waals surface area contributed by atoms with Crippen molar-refractivity contribution in [3.05, 3.63) is 35.9 Å². The van der Waals surface area contributed by atoms with E-state index in [0.29, 0.717) is 25.2 Å². The average molecular weight is 475 g/mol. The number of carbonyl (C=O) groups is 2. The molecule has 0 heterocycles. The number of nitrogens with one attached hydrogen (secondary N) is 2. The zero-order chi connectivity index (χ0) is 24.9. The van der Waals surface area contributed by atoms with Crippen LogP contribution in [0.2, 0.25) is 0 Å². The molecule has 1 saturated carbocycles. The van der Waals surface area contributed by atoms with Crippen LogP contribution in [0.3, 0.4) is 0 Å². The molecule has 34 heavy (non-hydrogen) atoms. The Labute approximate surface area is 205 Å². The van der Waals surface area contributed by atoms with Gasteiger partial charge < -0.3 is 20.8 Å². The highest BCUT2D eigenvalue weighted by molar-refractivity contribution is 5.80. The van der Waals surface area contributed by atoms with Gasteiger partial charge in [-0.1, -0.05) is 83.2 Å². The molecule has 2 amide bonds. The van der Waals surface area contributed by atoms with Crippen LogP contribution in [0.5, 0.6) is 0 Å². The zero-order valence-corrected chi connectivity index (χ0v) is 21.3. The molecule has 0 spiro atoms. The third-order valence-corrected chi connectivity index (χ3v) is 6.92. The van der Waals surface area contributed by atoms with Gasteiger partial charge in [0.15, 0.2) is 0 Å². The minimum Gasteiger partial charge on any atom is -0.390 e. The molecule has 1 aliphatic carbocycles. The molecule has 1 fully saturated rings. The lowest BCUT2D eigenvalue weighted by Gasteiger charge is -2.33. The second-order valence-corrected chi connectivity index (χ2v) is 10.6. The summed E-state index contributed by atoms with van der Waals surface area (Å²) in [7, 11) is 0. The molecular formula is C28H46N2O4. The van der Waals surface area contributed by atoms with E-state index in [0.717, 1.165) is 25.7 Å². The number of benzene rings is 1. The highest BCUT2D eigenvalue weighted by Crippen LogP contribution is 2.29. The molecule has 0 unspecified atom stereocenters. The number of rotatable bonds is 14. The summed E-state index contributed by atoms with van der Waals surface area (Å²) < 4.78 is 0. The van der Waals surface area contributed by atoms with Gasteiger partial charge >= 0.3 is 0 Å². The van der Waals surface area contributed by atoms with Crippen LogP contribution < -0.4 is 10.6 Å². The minimum absolute atomic E-state index is 0.0540. The van der Waals surface area contributed by atoms with Crippen LogP contribution in [0, 0.1) is 17.8 Å². The number of aliphatic hydroxyl groups excluding tert-OH is 2. The SMILES string of the molecule is CC(C)C[C@@H](O)[C@@H](O)[C@H](CC1CCCCC1)NC(=O)[C@@H](C)CNC(=O)CCCc1ccccc1. The molecule has 6 nitrogen and oxygen atoms in total. The van der Waals surface area contributed by atoms with Gasteiger partial charge in [-0.25, -0.2) is 0 Å². The van der Waals surface area contributed by atoms with Crippen LogP contribution in [0.1, 0.15) is 84.1 Å². The Balaban J connectivity index is 1.82. The lowest BCUT2D eigenvalue weighted by Crippen LogP contribution is -2.52. The van der Waals surface area contributed by atoms with Crippen LogP contribution in [0.4, 0.5) is 0 Å². The van der Waals surface area contributed by atoms with Crippen LogP contribution in [0.15, 0.2) is 30.3 Å². The third kappa shape index (κ3) is 10.6. The van der Waals surface area contributed by atoms with E-state index in [4.69, 9.17) is 0 Å². The van der Waals surface area contributed by atoms with E-state index < -0.39 is 24.2 Å². The number of hydrogen-bond donors (Lipinski definition) is 4. The van der Waals surface area contributed by atoms with Gasteiger partial charge in [-0.05, 0) is 43.1 Å². The summed E-state index contributed by atoms with van der Waals surface area (Å²) in [6.45, 7) is 6.06. The van der Waals surface area contributed by atoms with Crippen molar-refractivity contribution >= 4 is 11.8 Å². The summed E-state index contributed by atoms with van der Waals surface area (Å²) in [5, 5.41) is 27.3. The van der Waals surface area contributed by atoms with E-state index in [9.17, 15) is 19.8 Å². The van der Waals surface area contributed by atoms with Crippen molar-refractivity contribution in [2.45, 2.75) is 103 Å². The maximum atomic E-state index is 12.9. The monoisotopic (exact) mass is 474 g/mol. The lowest BCUT2D eigenvalue weighted by atomic mass is 9.82. The van der Waals surface area contributed by atoms with Crippen LogP contribution in [-0.2, 0) is 16.0 Å². The smallest absolute Gasteiger partial charge is 0.224 e. The maximum absolute atomic E-state index is 12.9. The van der Waals surface area contributed by atoms with E-state index in [1.165, 1.54) is 24.8 Å². The van der Waals surface area contributed by atoms with E-state index in [-0.39, 0.29) is 24.3 Å². The fourth-order valence-electron chi connectivity index (χ4n) is 4.83. The molecule has 1 aromatic rings. The summed E-state index contributed by atoms with van der Waals surface area (Å²) in [5.41, 5.74) is 1.21. The third-order valence-electron chi connectivity index (χ3n) is 6.92. The largest absolute Gasteiger partial charge is 0.390 e. The van der Waals surface area contributed by atoms with E-state index in [2.05, 4.69) is 22.8 Å². The van der Waals surface area contributed by atoms with Crippen molar-refractivity contribution in [3.63, 3.8) is 0 Å². The lowest BCUT2D eigenvalue weighted by molar-refractivity contribution is -0.127. The highest BCUT2D eigenvalue weighted by Gasteiger charge is 2.31. The molecule has 192 valence electrons. The van der Waals surface area contributed by atoms with Crippen molar-refractivity contribution in [1.29, 1.82) is 0 Å². The Morgan fingerprint density at radius 2 is 1.71 bits per heavy atom. The van der Waals surface area contributed by atoms with Crippen molar-refractivity contribution < 1.29 is 19.8 Å². The quantitative estimate of drug-likeness (QED) is 0.328. The first-order valence-corrected chi connectivity index (χ1v) is 13.2. The molecule has 2 rings (SSSR count). The zero-order valence-electron chi connectivity index (χ0n) is 21.3. The van der Waals surface area contributed by atoms with Crippen LogP contribution in [0.25, 0.3) is 0 Å². The maximum Gasteiger partial charge on any atom is 0.224 e. The fraction of sp³-hybridized carbons (Fsp3) is 0.714. The van der Waals surface area contributed by atoms with Crippen molar-refractivity contribution in [2.24, 2.45) is 17.8 Å². The Bertz CT molecular complexity index is 718. The number of carbonyl (C=O) groups excluding carboxylic acids is 2. The van der Waals surface area contributed by atoms with Crippen LogP contribution >= 0.6 is 0 Å². The van der Waals surface area contributed by atoms with Gasteiger partial charge in [0.25, 0.3) is 0 Å². The number of aryl methyl sites for hydroxylation is 1. The molecule has 4 N–H and O–H groups in total. The molecule has 0 aromatic heterocycles. The van der Waals surface area contributed by atoms with E-state index in [1.54, 1.807) is 6.92 Å². The second kappa shape index (κ2) is 15.2. The first-order valence-electron chi connectivity index (χ1n) is 13.2. The summed E-state index contributed by atoms with van der Waals surface area (Å²) in [6, 6.07) is 9.60. The number of hydrogen-bond acceptors (Lipinski definition) is 4. The van der Waals surface area contributed by atoms with Crippen molar-refractivity contribution in [3.8, 4) is 0 Å². The molecule has 1 aliphatic rings. The molecule has 6 heteroatoms. The van der Waals surface area contributed by atoms with Gasteiger partial charge in [0, 0.05) is 13.0 Å². The number of aliphatic hydroxyl groups is 2. The predicted octanol–water partition coefficient (Wildman–Crippen LogP) is 3.98. The standard InChI is InChI=1S/C28H46N2O4/c1-20(2)17-25(31)27(33)24(18-23-13-8-5-9-14-23)30-28(34)21(3)19-29-26(32)16-10-15-22-11-6-4-7-12-22/h4,6-7,11-12,20-21,23-25,27,31,33H,5,8-10,13-19H2,1-3H3,(H,29,32)(H,30,34)/t21-,24-,25+,27-/m0/s1. The van der Waals surface area contributed by atoms with Crippen molar-refractivity contribution in [1.82, 2.24) is 10.6 Å². The Morgan fingerprint density at radius 1 is 1.03 bits per heavy atom. The molecule has 0 bridgehead atoms. The topological polar surface area (TPSA) is 98.7 Å². The molecule has 0 radical (unpaired) electrons. The highest BCUT2D eigenvalue weighted by atomic mass is 16.3. The normalized spacial score (nSPS) is 18.2. The van der Waals surface area contributed by atoms with Gasteiger partial charge in [-0.3, -0.25) is 9.59 Å². The van der Waals surface area contributed by atoms with Crippen molar-refractivity contribution in [2.75, 3.05) is 6.54 Å². The summed E-state index contributed by atoms with van der Waals surface area (Å²) in [5.74, 6) is 0.0515. The number of amides is 2. The molecule has 0 aliphatic heterocycles. The Morgan fingerprint density at radius 3 is 2.35 bits per heavy atom. The molecular weight excluding hydrogens is 428 g/mol. The first-order chi connectivity index (χ1) is 16.3. The fourth-order valence-corrected chi connectivity index (χ4v) is 4.83. The predicted molar refractivity (Wildman–Crippen MR) is 136 cm³/mol. The summed E-state index contributed by atoms with van der Waals surface area (Å²) >= 11 is 0. The Kier molecular flexibility index (Phi) is 12.6. The van der Waals surface area contributed by atoms with Gasteiger partial charge in [0.1, 0.15) is 6.10 Å². The second-order valence-electron chi connectivity index (χ2n) is 10.6. The molecule has 0 saturated heterocycles. The van der Waals surface area contributed by atoms with E-state index in [1.807, 2.05) is 32.0 Å². The first kappa shape index (κ1) is 28.3. The minimum atomic E-state index is -0.993. The molecule has 1 aromatic carbocycles. The summed E-state index contributed by atoms with van der Waals surface area (Å²) in [4.78, 5) is 25.1. The molecule has 4 atom stereocenters. The van der Waals surface area contributed by atoms with Gasteiger partial charge in [-0.15, -0.1) is 0 Å². The Hall–Kier alpha value is -1.92. The van der Waals surface area contributed by atoms with E-state index >= 15 is 0 Å². The van der Waals surface area contributed by atoms with Crippen LogP contribution in [-0.4, -0.2) is 46.8 Å². The summed E-state index contributed by atoms with van der Waals surface area (Å²) in [6.07, 6.45) is 7.17. The van der Waals surface area contributed by atoms with Gasteiger partial charge in [0.05, 0.1) is 18.1 Å². The van der Waals surface area contributed by atoms with Gasteiger partial charge in [-0.2, -0.15) is 0 Å². The average Bonchev–Trinajstić information content (AvgIpc) is 2.82. The van der Waals surface area contributed by atoms with Gasteiger partial charge in [0.2, 0.25) is 11.8 Å².